The van der Waals surface area contributed by atoms with E-state index < -0.39 is 17.8 Å². The number of halogens is 3. The largest absolute Gasteiger partial charge is 0.448 e. The predicted octanol–water partition coefficient (Wildman–Crippen LogP) is 6.49. The van der Waals surface area contributed by atoms with Crippen LogP contribution in [0.25, 0.3) is 0 Å². The van der Waals surface area contributed by atoms with E-state index in [1.807, 2.05) is 36.4 Å². The second kappa shape index (κ2) is 12.7. The molecule has 0 radical (unpaired) electrons. The highest BCUT2D eigenvalue weighted by Crippen LogP contribution is 2.32. The molecule has 7 nitrogen and oxygen atoms in total. The minimum absolute atomic E-state index is 0.106. The van der Waals surface area contributed by atoms with Crippen LogP contribution in [0.4, 0.5) is 35.0 Å². The Morgan fingerprint density at radius 2 is 1.45 bits per heavy atom. The number of amides is 1. The number of nitrogens with zero attached hydrogens (tertiary/aromatic N) is 3. The summed E-state index contributed by atoms with van der Waals surface area (Å²) in [5.41, 5.74) is 2.02. The number of nitrogens with one attached hydrogen (secondary N) is 2. The highest BCUT2D eigenvalue weighted by atomic mass is 19.4. The Morgan fingerprint density at radius 1 is 0.816 bits per heavy atom. The predicted molar refractivity (Wildman–Crippen MR) is 139 cm³/mol. The van der Waals surface area contributed by atoms with Gasteiger partial charge in [-0.2, -0.15) is 13.2 Å². The molecule has 0 bridgehead atoms. The first kappa shape index (κ1) is 26.6. The third-order valence-corrected chi connectivity index (χ3v) is 5.50. The monoisotopic (exact) mass is 521 g/mol. The lowest BCUT2D eigenvalue weighted by molar-refractivity contribution is -0.137. The molecular formula is C28H26F3N5O2. The van der Waals surface area contributed by atoms with Gasteiger partial charge in [0, 0.05) is 37.7 Å². The van der Waals surface area contributed by atoms with Crippen LogP contribution in [-0.2, 0) is 24.0 Å². The highest BCUT2D eigenvalue weighted by molar-refractivity contribution is 5.90. The van der Waals surface area contributed by atoms with Crippen molar-refractivity contribution >= 4 is 23.2 Å². The molecule has 0 saturated heterocycles. The van der Waals surface area contributed by atoms with Crippen molar-refractivity contribution in [2.45, 2.75) is 19.3 Å². The maximum atomic E-state index is 13.1. The standard InChI is InChI=1S/C28H26F3N5O2/c29-28(30,31)21-8-7-11-22(18-21)34-25-12-1-2-13-26(25)35-27(37)38-17-16-36(19-23-9-3-5-14-32-23)20-24-10-4-6-15-33-24/h1-15,18,34H,16-17,19-20H2,(H,35,37). The Morgan fingerprint density at radius 3 is 2.05 bits per heavy atom. The minimum Gasteiger partial charge on any atom is -0.448 e. The smallest absolute Gasteiger partial charge is 0.416 e. The Balaban J connectivity index is 1.35. The number of carbonyl (C=O) groups is 1. The summed E-state index contributed by atoms with van der Waals surface area (Å²) >= 11 is 0. The van der Waals surface area contributed by atoms with Crippen LogP contribution in [-0.4, -0.2) is 34.1 Å². The zero-order valence-electron chi connectivity index (χ0n) is 20.4. The molecule has 38 heavy (non-hydrogen) atoms. The fraction of sp³-hybridized carbons (Fsp3) is 0.179. The Bertz CT molecular complexity index is 1280. The van der Waals surface area contributed by atoms with Gasteiger partial charge in [0.05, 0.1) is 28.3 Å². The molecule has 2 aromatic heterocycles. The van der Waals surface area contributed by atoms with E-state index in [1.165, 1.54) is 12.1 Å². The number of alkyl halides is 3. The van der Waals surface area contributed by atoms with Crippen molar-refractivity contribution in [3.8, 4) is 0 Å². The van der Waals surface area contributed by atoms with E-state index in [0.717, 1.165) is 23.5 Å². The number of hydrogen-bond acceptors (Lipinski definition) is 6. The summed E-state index contributed by atoms with van der Waals surface area (Å²) in [6, 6.07) is 22.9. The first-order chi connectivity index (χ1) is 18.4. The molecule has 196 valence electrons. The third-order valence-electron chi connectivity index (χ3n) is 5.50. The number of aromatic nitrogens is 2. The Labute approximate surface area is 218 Å². The van der Waals surface area contributed by atoms with Crippen molar-refractivity contribution in [2.24, 2.45) is 0 Å². The van der Waals surface area contributed by atoms with E-state index in [4.69, 9.17) is 4.74 Å². The number of benzene rings is 2. The second-order valence-electron chi connectivity index (χ2n) is 8.36. The number of anilines is 3. The van der Waals surface area contributed by atoms with E-state index in [-0.39, 0.29) is 12.3 Å². The molecule has 0 atom stereocenters. The lowest BCUT2D eigenvalue weighted by atomic mass is 10.2. The number of hydrogen-bond donors (Lipinski definition) is 2. The van der Waals surface area contributed by atoms with Gasteiger partial charge in [-0.25, -0.2) is 4.79 Å². The quantitative estimate of drug-likeness (QED) is 0.248. The van der Waals surface area contributed by atoms with Gasteiger partial charge in [-0.15, -0.1) is 0 Å². The van der Waals surface area contributed by atoms with Crippen LogP contribution in [0.2, 0.25) is 0 Å². The van der Waals surface area contributed by atoms with E-state index in [9.17, 15) is 18.0 Å². The van der Waals surface area contributed by atoms with Crippen LogP contribution in [0.1, 0.15) is 17.0 Å². The summed E-state index contributed by atoms with van der Waals surface area (Å²) < 4.78 is 44.6. The number of pyridine rings is 2. The van der Waals surface area contributed by atoms with Crippen LogP contribution < -0.4 is 10.6 Å². The zero-order chi connectivity index (χ0) is 26.8. The summed E-state index contributed by atoms with van der Waals surface area (Å²) in [7, 11) is 0. The molecule has 0 aliphatic carbocycles. The third kappa shape index (κ3) is 8.04. The minimum atomic E-state index is -4.46. The molecule has 0 aliphatic rings. The molecule has 1 amide bonds. The van der Waals surface area contributed by atoms with E-state index >= 15 is 0 Å². The molecule has 10 heteroatoms. The second-order valence-corrected chi connectivity index (χ2v) is 8.36. The molecule has 4 rings (SSSR count). The summed E-state index contributed by atoms with van der Waals surface area (Å²) in [6.07, 6.45) is -1.69. The summed E-state index contributed by atoms with van der Waals surface area (Å²) in [4.78, 5) is 23.4. The van der Waals surface area contributed by atoms with Gasteiger partial charge < -0.3 is 10.1 Å². The molecule has 2 heterocycles. The van der Waals surface area contributed by atoms with Crippen LogP contribution in [0.5, 0.6) is 0 Å². The normalized spacial score (nSPS) is 11.3. The van der Waals surface area contributed by atoms with Gasteiger partial charge in [0.2, 0.25) is 0 Å². The molecule has 0 spiro atoms. The SMILES string of the molecule is O=C(Nc1ccccc1Nc1cccc(C(F)(F)F)c1)OCCN(Cc1ccccn1)Cc1ccccn1. The summed E-state index contributed by atoms with van der Waals surface area (Å²) in [6.45, 7) is 1.64. The molecule has 4 aromatic rings. The van der Waals surface area contributed by atoms with Gasteiger partial charge in [-0.3, -0.25) is 20.2 Å². The van der Waals surface area contributed by atoms with Gasteiger partial charge in [0.1, 0.15) is 6.61 Å². The maximum Gasteiger partial charge on any atom is 0.416 e. The average molecular weight is 522 g/mol. The maximum absolute atomic E-state index is 13.1. The first-order valence-electron chi connectivity index (χ1n) is 11.9. The van der Waals surface area contributed by atoms with Crippen molar-refractivity contribution in [3.63, 3.8) is 0 Å². The number of rotatable bonds is 10. The molecule has 0 saturated carbocycles. The molecule has 2 N–H and O–H groups in total. The fourth-order valence-corrected chi connectivity index (χ4v) is 3.70. The van der Waals surface area contributed by atoms with E-state index in [1.54, 1.807) is 36.7 Å². The Hall–Kier alpha value is -4.44. The van der Waals surface area contributed by atoms with Crippen LogP contribution in [0, 0.1) is 0 Å². The van der Waals surface area contributed by atoms with Crippen molar-refractivity contribution in [3.05, 3.63) is 114 Å². The Kier molecular flexibility index (Phi) is 8.89. The fourth-order valence-electron chi connectivity index (χ4n) is 3.70. The highest BCUT2D eigenvalue weighted by Gasteiger charge is 2.30. The molecule has 0 fully saturated rings. The number of ether oxygens (including phenoxy) is 1. The van der Waals surface area contributed by atoms with E-state index in [0.29, 0.717) is 31.0 Å². The molecule has 0 aliphatic heterocycles. The number of carbonyl (C=O) groups excluding carboxylic acids is 1. The summed E-state index contributed by atoms with van der Waals surface area (Å²) in [5.74, 6) is 0. The average Bonchev–Trinajstić information content (AvgIpc) is 2.91. The van der Waals surface area contributed by atoms with Gasteiger partial charge in [0.25, 0.3) is 0 Å². The van der Waals surface area contributed by atoms with Crippen molar-refractivity contribution in [1.82, 2.24) is 14.9 Å². The van der Waals surface area contributed by atoms with Crippen molar-refractivity contribution in [2.75, 3.05) is 23.8 Å². The zero-order valence-corrected chi connectivity index (χ0v) is 20.4. The lowest BCUT2D eigenvalue weighted by Gasteiger charge is -2.21. The van der Waals surface area contributed by atoms with Crippen LogP contribution in [0.3, 0.4) is 0 Å². The molecule has 2 aromatic carbocycles. The lowest BCUT2D eigenvalue weighted by Crippen LogP contribution is -2.29. The first-order valence-corrected chi connectivity index (χ1v) is 11.9. The van der Waals surface area contributed by atoms with Gasteiger partial charge in [0.15, 0.2) is 0 Å². The van der Waals surface area contributed by atoms with Gasteiger partial charge in [-0.1, -0.05) is 30.3 Å². The summed E-state index contributed by atoms with van der Waals surface area (Å²) in [5, 5.41) is 5.59. The molecular weight excluding hydrogens is 495 g/mol. The van der Waals surface area contributed by atoms with Crippen LogP contribution in [0.15, 0.2) is 97.3 Å². The van der Waals surface area contributed by atoms with Crippen molar-refractivity contribution in [1.29, 1.82) is 0 Å². The van der Waals surface area contributed by atoms with Crippen LogP contribution >= 0.6 is 0 Å². The topological polar surface area (TPSA) is 79.4 Å². The molecule has 0 unspecified atom stereocenters. The van der Waals surface area contributed by atoms with Gasteiger partial charge in [-0.05, 0) is 54.6 Å². The number of para-hydroxylation sites is 2. The van der Waals surface area contributed by atoms with Gasteiger partial charge >= 0.3 is 12.3 Å². The van der Waals surface area contributed by atoms with E-state index in [2.05, 4.69) is 25.5 Å². The van der Waals surface area contributed by atoms with Crippen molar-refractivity contribution < 1.29 is 22.7 Å².